The summed E-state index contributed by atoms with van der Waals surface area (Å²) in [6, 6.07) is 4.87. The van der Waals surface area contributed by atoms with E-state index in [0.717, 1.165) is 51.4 Å². The van der Waals surface area contributed by atoms with Gasteiger partial charge in [0, 0.05) is 0 Å². The first-order valence-electron chi connectivity index (χ1n) is 7.77. The molecular formula is C16H24N4. The van der Waals surface area contributed by atoms with Crippen molar-refractivity contribution in [2.45, 2.75) is 76.8 Å². The van der Waals surface area contributed by atoms with Gasteiger partial charge in [-0.1, -0.05) is 25.7 Å². The minimum Gasteiger partial charge on any atom is -0.198 e. The van der Waals surface area contributed by atoms with Crippen LogP contribution in [0.5, 0.6) is 0 Å². The Kier molecular flexibility index (Phi) is 4.43. The number of hydrogen-bond acceptors (Lipinski definition) is 4. The second kappa shape index (κ2) is 5.92. The van der Waals surface area contributed by atoms with Crippen molar-refractivity contribution in [1.82, 2.24) is 0 Å². The molecule has 2 aliphatic carbocycles. The van der Waals surface area contributed by atoms with Gasteiger partial charge >= 0.3 is 0 Å². The van der Waals surface area contributed by atoms with Crippen molar-refractivity contribution in [3.8, 4) is 12.1 Å². The highest BCUT2D eigenvalue weighted by Crippen LogP contribution is 2.46. The summed E-state index contributed by atoms with van der Waals surface area (Å²) < 4.78 is 0. The molecule has 0 bridgehead atoms. The van der Waals surface area contributed by atoms with Crippen LogP contribution < -0.4 is 0 Å². The standard InChI is InChI=1S/C16H24N4/c1-15(12-18)9-5-6-10-16(15,2)20-19-14-8-4-3-7-13(14)11-17/h13-14H,3-10H2,1-2H3. The van der Waals surface area contributed by atoms with E-state index < -0.39 is 11.0 Å². The summed E-state index contributed by atoms with van der Waals surface area (Å²) in [5.41, 5.74) is -0.816. The van der Waals surface area contributed by atoms with Gasteiger partial charge in [-0.3, -0.25) is 0 Å². The Balaban J connectivity index is 2.16. The van der Waals surface area contributed by atoms with E-state index in [9.17, 15) is 10.5 Å². The monoisotopic (exact) mass is 272 g/mol. The van der Waals surface area contributed by atoms with E-state index in [1.165, 1.54) is 0 Å². The third-order valence-electron chi connectivity index (χ3n) is 5.35. The van der Waals surface area contributed by atoms with Crippen molar-refractivity contribution in [3.63, 3.8) is 0 Å². The van der Waals surface area contributed by atoms with E-state index >= 15 is 0 Å². The van der Waals surface area contributed by atoms with E-state index in [1.54, 1.807) is 0 Å². The number of rotatable bonds is 2. The lowest BCUT2D eigenvalue weighted by Crippen LogP contribution is -2.44. The molecule has 2 fully saturated rings. The largest absolute Gasteiger partial charge is 0.198 e. The fraction of sp³-hybridized carbons (Fsp3) is 0.875. The molecule has 4 atom stereocenters. The molecule has 108 valence electrons. The van der Waals surface area contributed by atoms with Gasteiger partial charge in [-0.25, -0.2) is 0 Å². The molecule has 0 aromatic heterocycles. The zero-order valence-electron chi connectivity index (χ0n) is 12.6. The molecule has 4 unspecified atom stereocenters. The van der Waals surface area contributed by atoms with Gasteiger partial charge in [-0.2, -0.15) is 20.8 Å². The smallest absolute Gasteiger partial charge is 0.0970 e. The Labute approximate surface area is 121 Å². The summed E-state index contributed by atoms with van der Waals surface area (Å²) in [5, 5.41) is 27.9. The summed E-state index contributed by atoms with van der Waals surface area (Å²) in [4.78, 5) is 0. The van der Waals surface area contributed by atoms with Crippen LogP contribution in [0.4, 0.5) is 0 Å². The number of azo groups is 1. The molecule has 0 aliphatic heterocycles. The lowest BCUT2D eigenvalue weighted by molar-refractivity contribution is 0.145. The Morgan fingerprint density at radius 1 is 1.00 bits per heavy atom. The quantitative estimate of drug-likeness (QED) is 0.699. The molecule has 2 rings (SSSR count). The molecule has 0 heterocycles. The van der Waals surface area contributed by atoms with Crippen LogP contribution in [-0.4, -0.2) is 11.6 Å². The molecule has 2 saturated carbocycles. The molecule has 4 heteroatoms. The highest BCUT2D eigenvalue weighted by atomic mass is 15.2. The van der Waals surface area contributed by atoms with Gasteiger partial charge < -0.3 is 0 Å². The van der Waals surface area contributed by atoms with E-state index in [0.29, 0.717) is 0 Å². The zero-order valence-corrected chi connectivity index (χ0v) is 12.6. The van der Waals surface area contributed by atoms with Gasteiger partial charge in [0.1, 0.15) is 0 Å². The van der Waals surface area contributed by atoms with Crippen molar-refractivity contribution in [2.75, 3.05) is 0 Å². The van der Waals surface area contributed by atoms with Gasteiger partial charge in [-0.15, -0.1) is 0 Å². The molecule has 0 amide bonds. The normalized spacial score (nSPS) is 42.0. The van der Waals surface area contributed by atoms with E-state index in [-0.39, 0.29) is 12.0 Å². The van der Waals surface area contributed by atoms with E-state index in [2.05, 4.69) is 29.3 Å². The third kappa shape index (κ3) is 2.70. The van der Waals surface area contributed by atoms with Crippen molar-refractivity contribution in [1.29, 1.82) is 10.5 Å². The maximum atomic E-state index is 9.52. The van der Waals surface area contributed by atoms with Crippen LogP contribution in [0.2, 0.25) is 0 Å². The molecule has 2 aliphatic rings. The van der Waals surface area contributed by atoms with Crippen LogP contribution in [0.25, 0.3) is 0 Å². The van der Waals surface area contributed by atoms with Crippen molar-refractivity contribution in [2.24, 2.45) is 21.6 Å². The summed E-state index contributed by atoms with van der Waals surface area (Å²) in [6.45, 7) is 4.07. The second-order valence-corrected chi connectivity index (χ2v) is 6.73. The molecule has 4 nitrogen and oxygen atoms in total. The van der Waals surface area contributed by atoms with Crippen LogP contribution in [0.1, 0.15) is 65.2 Å². The summed E-state index contributed by atoms with van der Waals surface area (Å²) in [6.07, 6.45) is 8.17. The van der Waals surface area contributed by atoms with Gasteiger partial charge in [-0.05, 0) is 39.5 Å². The van der Waals surface area contributed by atoms with Gasteiger partial charge in [0.25, 0.3) is 0 Å². The molecule has 0 spiro atoms. The average molecular weight is 272 g/mol. The van der Waals surface area contributed by atoms with Crippen LogP contribution in [-0.2, 0) is 0 Å². The van der Waals surface area contributed by atoms with E-state index in [1.807, 2.05) is 6.92 Å². The first kappa shape index (κ1) is 15.0. The van der Waals surface area contributed by atoms with Crippen LogP contribution >= 0.6 is 0 Å². The Morgan fingerprint density at radius 3 is 2.40 bits per heavy atom. The first-order chi connectivity index (χ1) is 9.54. The maximum Gasteiger partial charge on any atom is 0.0970 e. The maximum absolute atomic E-state index is 9.52. The molecular weight excluding hydrogens is 248 g/mol. The number of hydrogen-bond donors (Lipinski definition) is 0. The van der Waals surface area contributed by atoms with Gasteiger partial charge in [0.2, 0.25) is 0 Å². The SMILES string of the molecule is CC1(C#N)CCCCC1(C)N=NC1CCCCC1C#N. The van der Waals surface area contributed by atoms with Gasteiger partial charge in [0.05, 0.1) is 35.1 Å². The fourth-order valence-electron chi connectivity index (χ4n) is 3.43. The highest BCUT2D eigenvalue weighted by Gasteiger charge is 2.47. The molecule has 0 aromatic carbocycles. The fourth-order valence-corrected chi connectivity index (χ4v) is 3.43. The minimum atomic E-state index is -0.425. The molecule has 0 radical (unpaired) electrons. The Hall–Kier alpha value is -1.42. The molecule has 0 aromatic rings. The predicted molar refractivity (Wildman–Crippen MR) is 76.8 cm³/mol. The predicted octanol–water partition coefficient (Wildman–Crippen LogP) is 4.38. The van der Waals surface area contributed by atoms with Gasteiger partial charge in [0.15, 0.2) is 0 Å². The topological polar surface area (TPSA) is 72.3 Å². The minimum absolute atomic E-state index is 0.00744. The summed E-state index contributed by atoms with van der Waals surface area (Å²) in [5.74, 6) is 0.00744. The zero-order chi connectivity index (χ0) is 14.6. The highest BCUT2D eigenvalue weighted by molar-refractivity contribution is 5.13. The third-order valence-corrected chi connectivity index (χ3v) is 5.35. The Bertz CT molecular complexity index is 458. The lowest BCUT2D eigenvalue weighted by Gasteiger charge is -2.42. The van der Waals surface area contributed by atoms with Crippen LogP contribution in [0.15, 0.2) is 10.2 Å². The summed E-state index contributed by atoms with van der Waals surface area (Å²) >= 11 is 0. The summed E-state index contributed by atoms with van der Waals surface area (Å²) in [7, 11) is 0. The second-order valence-electron chi connectivity index (χ2n) is 6.73. The first-order valence-corrected chi connectivity index (χ1v) is 7.77. The van der Waals surface area contributed by atoms with E-state index in [4.69, 9.17) is 0 Å². The molecule has 20 heavy (non-hydrogen) atoms. The molecule has 0 N–H and O–H groups in total. The average Bonchev–Trinajstić information content (AvgIpc) is 2.49. The molecule has 0 saturated heterocycles. The van der Waals surface area contributed by atoms with Crippen LogP contribution in [0, 0.1) is 34.0 Å². The van der Waals surface area contributed by atoms with Crippen molar-refractivity contribution < 1.29 is 0 Å². The van der Waals surface area contributed by atoms with Crippen molar-refractivity contribution >= 4 is 0 Å². The number of nitriles is 2. The van der Waals surface area contributed by atoms with Crippen LogP contribution in [0.3, 0.4) is 0 Å². The lowest BCUT2D eigenvalue weighted by atomic mass is 9.64. The van der Waals surface area contributed by atoms with Crippen molar-refractivity contribution in [3.05, 3.63) is 0 Å². The number of nitrogens with zero attached hydrogens (tertiary/aromatic N) is 4. The Morgan fingerprint density at radius 2 is 1.70 bits per heavy atom.